The lowest BCUT2D eigenvalue weighted by atomic mass is 9.95. The van der Waals surface area contributed by atoms with E-state index in [0.29, 0.717) is 13.1 Å². The van der Waals surface area contributed by atoms with Crippen molar-refractivity contribution in [3.63, 3.8) is 0 Å². The number of rotatable bonds is 2. The summed E-state index contributed by atoms with van der Waals surface area (Å²) in [4.78, 5) is 25.0. The van der Waals surface area contributed by atoms with Crippen LogP contribution in [0.25, 0.3) is 0 Å². The lowest BCUT2D eigenvalue weighted by molar-refractivity contribution is -0.141. The van der Waals surface area contributed by atoms with Crippen molar-refractivity contribution < 1.29 is 14.7 Å². The van der Waals surface area contributed by atoms with Gasteiger partial charge in [-0.2, -0.15) is 0 Å². The summed E-state index contributed by atoms with van der Waals surface area (Å²) < 4.78 is 0. The van der Waals surface area contributed by atoms with E-state index >= 15 is 0 Å². The quantitative estimate of drug-likeness (QED) is 0.692. The fourth-order valence-electron chi connectivity index (χ4n) is 2.98. The molecule has 0 aromatic rings. The van der Waals surface area contributed by atoms with Crippen LogP contribution < -0.4 is 10.6 Å². The molecule has 0 aromatic heterocycles. The van der Waals surface area contributed by atoms with E-state index in [1.165, 1.54) is 19.3 Å². The van der Waals surface area contributed by atoms with Crippen molar-refractivity contribution in [2.24, 2.45) is 0 Å². The van der Waals surface area contributed by atoms with Crippen LogP contribution in [-0.4, -0.2) is 53.2 Å². The van der Waals surface area contributed by atoms with Crippen molar-refractivity contribution in [2.45, 2.75) is 57.2 Å². The fraction of sp³-hybridized carbons (Fsp3) is 0.846. The van der Waals surface area contributed by atoms with Gasteiger partial charge in [-0.25, -0.2) is 4.79 Å². The molecule has 2 amide bonds. The number of piperazine rings is 1. The van der Waals surface area contributed by atoms with Crippen LogP contribution in [0.1, 0.15) is 39.0 Å². The highest BCUT2D eigenvalue weighted by molar-refractivity contribution is 5.79. The summed E-state index contributed by atoms with van der Waals surface area (Å²) in [7, 11) is 0. The van der Waals surface area contributed by atoms with Crippen LogP contribution in [0.5, 0.6) is 0 Å². The summed E-state index contributed by atoms with van der Waals surface area (Å²) in [5.74, 6) is -0.900. The highest BCUT2D eigenvalue weighted by Crippen LogP contribution is 2.18. The summed E-state index contributed by atoms with van der Waals surface area (Å²) in [6.07, 6.45) is 5.65. The van der Waals surface area contributed by atoms with Crippen LogP contribution in [0, 0.1) is 0 Å². The van der Waals surface area contributed by atoms with Crippen molar-refractivity contribution in [3.8, 4) is 0 Å². The Balaban J connectivity index is 1.91. The number of carbonyl (C=O) groups excluding carboxylic acids is 1. The second-order valence-electron chi connectivity index (χ2n) is 5.49. The lowest BCUT2D eigenvalue weighted by Crippen LogP contribution is -2.63. The molecule has 6 heteroatoms. The number of hydrogen-bond donors (Lipinski definition) is 3. The van der Waals surface area contributed by atoms with Gasteiger partial charge in [0.05, 0.1) is 6.04 Å². The molecule has 2 fully saturated rings. The smallest absolute Gasteiger partial charge is 0.322 e. The van der Waals surface area contributed by atoms with Gasteiger partial charge in [0.1, 0.15) is 6.04 Å². The number of carboxylic acid groups (broad SMARTS) is 1. The van der Waals surface area contributed by atoms with Gasteiger partial charge in [0.2, 0.25) is 0 Å². The molecule has 2 aliphatic rings. The van der Waals surface area contributed by atoms with E-state index < -0.39 is 12.0 Å². The maximum atomic E-state index is 12.2. The number of nitrogens with zero attached hydrogens (tertiary/aromatic N) is 1. The molecule has 0 bridgehead atoms. The number of carboxylic acids is 1. The van der Waals surface area contributed by atoms with Crippen molar-refractivity contribution in [1.29, 1.82) is 0 Å². The Bertz CT molecular complexity index is 342. The minimum absolute atomic E-state index is 0.118. The summed E-state index contributed by atoms with van der Waals surface area (Å²) in [5, 5.41) is 15.1. The topological polar surface area (TPSA) is 81.7 Å². The van der Waals surface area contributed by atoms with Crippen LogP contribution in [0.4, 0.5) is 4.79 Å². The number of urea groups is 1. The Kier molecular flexibility index (Phi) is 4.63. The Hall–Kier alpha value is -1.30. The zero-order valence-electron chi connectivity index (χ0n) is 11.4. The third-order valence-electron chi connectivity index (χ3n) is 4.15. The SMILES string of the molecule is CC1C(C(=O)O)NCCN1C(=O)NC1CCCCC1. The third kappa shape index (κ3) is 3.37. The van der Waals surface area contributed by atoms with Gasteiger partial charge in [-0.1, -0.05) is 19.3 Å². The first-order chi connectivity index (χ1) is 9.09. The summed E-state index contributed by atoms with van der Waals surface area (Å²) in [6.45, 7) is 2.87. The van der Waals surface area contributed by atoms with Gasteiger partial charge in [0.15, 0.2) is 0 Å². The molecule has 0 radical (unpaired) electrons. The average molecular weight is 269 g/mol. The van der Waals surface area contributed by atoms with Crippen LogP contribution in [0.3, 0.4) is 0 Å². The molecule has 6 nitrogen and oxygen atoms in total. The summed E-state index contributed by atoms with van der Waals surface area (Å²) in [5.41, 5.74) is 0. The molecule has 108 valence electrons. The van der Waals surface area contributed by atoms with Crippen LogP contribution in [-0.2, 0) is 4.79 Å². The zero-order valence-corrected chi connectivity index (χ0v) is 11.4. The maximum absolute atomic E-state index is 12.2. The first-order valence-corrected chi connectivity index (χ1v) is 7.13. The van der Waals surface area contributed by atoms with E-state index in [1.54, 1.807) is 11.8 Å². The largest absolute Gasteiger partial charge is 0.480 e. The molecule has 1 saturated heterocycles. The summed E-state index contributed by atoms with van der Waals surface area (Å²) in [6, 6.07) is -0.862. The lowest BCUT2D eigenvalue weighted by Gasteiger charge is -2.39. The summed E-state index contributed by atoms with van der Waals surface area (Å²) >= 11 is 0. The molecule has 0 spiro atoms. The van der Waals surface area contributed by atoms with Gasteiger partial charge in [-0.05, 0) is 19.8 Å². The molecule has 1 aliphatic carbocycles. The van der Waals surface area contributed by atoms with Gasteiger partial charge in [-0.3, -0.25) is 4.79 Å². The van der Waals surface area contributed by atoms with Crippen LogP contribution >= 0.6 is 0 Å². The van der Waals surface area contributed by atoms with Crippen molar-refractivity contribution in [3.05, 3.63) is 0 Å². The molecule has 0 aromatic carbocycles. The van der Waals surface area contributed by atoms with Gasteiger partial charge < -0.3 is 20.6 Å². The zero-order chi connectivity index (χ0) is 13.8. The molecular formula is C13H23N3O3. The minimum atomic E-state index is -0.900. The molecular weight excluding hydrogens is 246 g/mol. The fourth-order valence-corrected chi connectivity index (χ4v) is 2.98. The number of hydrogen-bond acceptors (Lipinski definition) is 3. The first-order valence-electron chi connectivity index (χ1n) is 7.13. The minimum Gasteiger partial charge on any atom is -0.480 e. The van der Waals surface area contributed by atoms with Crippen molar-refractivity contribution >= 4 is 12.0 Å². The molecule has 1 aliphatic heterocycles. The van der Waals surface area contributed by atoms with E-state index in [-0.39, 0.29) is 18.1 Å². The molecule has 2 atom stereocenters. The predicted octanol–water partition coefficient (Wildman–Crippen LogP) is 0.776. The monoisotopic (exact) mass is 269 g/mol. The molecule has 1 saturated carbocycles. The van der Waals surface area contributed by atoms with Gasteiger partial charge in [0.25, 0.3) is 0 Å². The van der Waals surface area contributed by atoms with Crippen LogP contribution in [0.2, 0.25) is 0 Å². The first kappa shape index (κ1) is 14.1. The van der Waals surface area contributed by atoms with Gasteiger partial charge in [-0.15, -0.1) is 0 Å². The molecule has 1 heterocycles. The Morgan fingerprint density at radius 1 is 1.26 bits per heavy atom. The maximum Gasteiger partial charge on any atom is 0.322 e. The number of carbonyl (C=O) groups is 2. The Morgan fingerprint density at radius 3 is 2.58 bits per heavy atom. The second kappa shape index (κ2) is 6.23. The third-order valence-corrected chi connectivity index (χ3v) is 4.15. The van der Waals surface area contributed by atoms with E-state index in [4.69, 9.17) is 5.11 Å². The van der Waals surface area contributed by atoms with Gasteiger partial charge in [0, 0.05) is 19.1 Å². The number of aliphatic carboxylic acids is 1. The molecule has 2 unspecified atom stereocenters. The van der Waals surface area contributed by atoms with E-state index in [0.717, 1.165) is 12.8 Å². The van der Waals surface area contributed by atoms with E-state index in [1.807, 2.05) is 0 Å². The average Bonchev–Trinajstić information content (AvgIpc) is 2.39. The normalized spacial score (nSPS) is 29.0. The van der Waals surface area contributed by atoms with Crippen molar-refractivity contribution in [2.75, 3.05) is 13.1 Å². The molecule has 2 rings (SSSR count). The number of nitrogens with one attached hydrogen (secondary N) is 2. The Morgan fingerprint density at radius 2 is 1.95 bits per heavy atom. The second-order valence-corrected chi connectivity index (χ2v) is 5.49. The molecule has 19 heavy (non-hydrogen) atoms. The van der Waals surface area contributed by atoms with E-state index in [2.05, 4.69) is 10.6 Å². The highest BCUT2D eigenvalue weighted by Gasteiger charge is 2.35. The predicted molar refractivity (Wildman–Crippen MR) is 71.0 cm³/mol. The Labute approximate surface area is 113 Å². The molecule has 3 N–H and O–H groups in total. The van der Waals surface area contributed by atoms with Crippen molar-refractivity contribution in [1.82, 2.24) is 15.5 Å². The van der Waals surface area contributed by atoms with Gasteiger partial charge >= 0.3 is 12.0 Å². The number of amides is 2. The standard InChI is InChI=1S/C13H23N3O3/c1-9-11(12(17)18)14-7-8-16(9)13(19)15-10-5-3-2-4-6-10/h9-11,14H,2-8H2,1H3,(H,15,19)(H,17,18). The highest BCUT2D eigenvalue weighted by atomic mass is 16.4. The van der Waals surface area contributed by atoms with E-state index in [9.17, 15) is 9.59 Å². The van der Waals surface area contributed by atoms with Crippen LogP contribution in [0.15, 0.2) is 0 Å².